The number of hydrogen-bond donors (Lipinski definition) is 2. The molecule has 1 aliphatic rings. The van der Waals surface area contributed by atoms with Gasteiger partial charge in [0.05, 0.1) is 11.1 Å². The Morgan fingerprint density at radius 2 is 2.12 bits per heavy atom. The lowest BCUT2D eigenvalue weighted by molar-refractivity contribution is 0.911. The van der Waals surface area contributed by atoms with Crippen LogP contribution in [0.15, 0.2) is 34.2 Å². The third kappa shape index (κ3) is 1.69. The molecular formula is C12H13N3S. The first-order chi connectivity index (χ1) is 7.83. The highest BCUT2D eigenvalue weighted by atomic mass is 32.2. The average molecular weight is 231 g/mol. The zero-order valence-corrected chi connectivity index (χ0v) is 9.68. The molecule has 3 N–H and O–H groups in total. The summed E-state index contributed by atoms with van der Waals surface area (Å²) in [5.41, 5.74) is 8.76. The summed E-state index contributed by atoms with van der Waals surface area (Å²) in [5.74, 6) is 0.644. The van der Waals surface area contributed by atoms with Gasteiger partial charge in [-0.15, -0.1) is 0 Å². The smallest absolute Gasteiger partial charge is 0.133 e. The van der Waals surface area contributed by atoms with Gasteiger partial charge in [-0.1, -0.05) is 17.8 Å². The lowest BCUT2D eigenvalue weighted by atomic mass is 10.1. The Hall–Kier alpha value is -1.42. The second-order valence-corrected chi connectivity index (χ2v) is 5.15. The molecule has 82 valence electrons. The molecule has 0 spiro atoms. The number of aromatic nitrogens is 2. The molecular weight excluding hydrogens is 218 g/mol. The summed E-state index contributed by atoms with van der Waals surface area (Å²) in [6.45, 7) is 0. The largest absolute Gasteiger partial charge is 0.383 e. The summed E-state index contributed by atoms with van der Waals surface area (Å²) >= 11 is 1.67. The fraction of sp³-hybridized carbons (Fsp3) is 0.250. The fourth-order valence-electron chi connectivity index (χ4n) is 2.11. The van der Waals surface area contributed by atoms with Gasteiger partial charge in [-0.25, -0.2) is 0 Å². The van der Waals surface area contributed by atoms with Crippen LogP contribution in [0.2, 0.25) is 0 Å². The highest BCUT2D eigenvalue weighted by Crippen LogP contribution is 2.33. The third-order valence-electron chi connectivity index (χ3n) is 2.93. The molecule has 1 aromatic heterocycles. The molecule has 1 aromatic carbocycles. The minimum Gasteiger partial charge on any atom is -0.383 e. The van der Waals surface area contributed by atoms with Crippen LogP contribution in [0.1, 0.15) is 17.5 Å². The monoisotopic (exact) mass is 231 g/mol. The topological polar surface area (TPSA) is 54.7 Å². The van der Waals surface area contributed by atoms with E-state index in [1.807, 2.05) is 0 Å². The zero-order valence-electron chi connectivity index (χ0n) is 8.86. The quantitative estimate of drug-likeness (QED) is 0.835. The van der Waals surface area contributed by atoms with Crippen molar-refractivity contribution in [1.29, 1.82) is 0 Å². The Labute approximate surface area is 98.4 Å². The van der Waals surface area contributed by atoms with E-state index < -0.39 is 0 Å². The van der Waals surface area contributed by atoms with E-state index in [2.05, 4.69) is 28.4 Å². The number of nitrogens with two attached hydrogens (primary N) is 1. The highest BCUT2D eigenvalue weighted by Gasteiger charge is 2.12. The number of nitrogen functional groups attached to an aromatic ring is 1. The van der Waals surface area contributed by atoms with Crippen LogP contribution in [0.5, 0.6) is 0 Å². The minimum atomic E-state index is 0.644. The molecule has 0 radical (unpaired) electrons. The van der Waals surface area contributed by atoms with E-state index in [1.165, 1.54) is 35.3 Å². The summed E-state index contributed by atoms with van der Waals surface area (Å²) in [5, 5.41) is 6.67. The standard InChI is InChI=1S/C12H13N3S/c13-12-11(7-14-15-12)16-10-5-4-8-2-1-3-9(8)6-10/h4-7H,1-3H2,(H3,13,14,15). The Morgan fingerprint density at radius 1 is 1.25 bits per heavy atom. The molecule has 3 rings (SSSR count). The number of aromatic amines is 1. The molecule has 0 aliphatic heterocycles. The van der Waals surface area contributed by atoms with Crippen molar-refractivity contribution in [3.63, 3.8) is 0 Å². The van der Waals surface area contributed by atoms with Crippen LogP contribution in [-0.2, 0) is 12.8 Å². The van der Waals surface area contributed by atoms with Crippen molar-refractivity contribution in [2.45, 2.75) is 29.1 Å². The van der Waals surface area contributed by atoms with Crippen molar-refractivity contribution >= 4 is 17.6 Å². The summed E-state index contributed by atoms with van der Waals surface area (Å²) in [4.78, 5) is 2.24. The maximum Gasteiger partial charge on any atom is 0.133 e. The number of H-pyrrole nitrogens is 1. The van der Waals surface area contributed by atoms with Gasteiger partial charge in [0.15, 0.2) is 0 Å². The number of anilines is 1. The van der Waals surface area contributed by atoms with Crippen LogP contribution in [0, 0.1) is 0 Å². The van der Waals surface area contributed by atoms with Crippen molar-refractivity contribution < 1.29 is 0 Å². The first-order valence-corrected chi connectivity index (χ1v) is 6.23. The van der Waals surface area contributed by atoms with Gasteiger partial charge in [0.25, 0.3) is 0 Å². The Morgan fingerprint density at radius 3 is 2.94 bits per heavy atom. The molecule has 0 saturated carbocycles. The van der Waals surface area contributed by atoms with Crippen LogP contribution >= 0.6 is 11.8 Å². The van der Waals surface area contributed by atoms with Gasteiger partial charge in [-0.05, 0) is 42.5 Å². The molecule has 3 nitrogen and oxygen atoms in total. The zero-order chi connectivity index (χ0) is 11.0. The van der Waals surface area contributed by atoms with Gasteiger partial charge in [0.2, 0.25) is 0 Å². The number of hydrogen-bond acceptors (Lipinski definition) is 3. The van der Waals surface area contributed by atoms with Crippen molar-refractivity contribution in [1.82, 2.24) is 10.2 Å². The second-order valence-electron chi connectivity index (χ2n) is 4.03. The van der Waals surface area contributed by atoms with Gasteiger partial charge in [-0.2, -0.15) is 5.10 Å². The van der Waals surface area contributed by atoms with Crippen LogP contribution in [0.25, 0.3) is 0 Å². The molecule has 0 bridgehead atoms. The molecule has 0 fully saturated rings. The van der Waals surface area contributed by atoms with Gasteiger partial charge in [0.1, 0.15) is 5.82 Å². The number of fused-ring (bicyclic) bond motifs is 1. The van der Waals surface area contributed by atoms with E-state index in [9.17, 15) is 0 Å². The van der Waals surface area contributed by atoms with Crippen LogP contribution in [0.4, 0.5) is 5.82 Å². The fourth-order valence-corrected chi connectivity index (χ4v) is 2.96. The van der Waals surface area contributed by atoms with E-state index in [0.29, 0.717) is 5.82 Å². The molecule has 1 aliphatic carbocycles. The first kappa shape index (κ1) is 9.78. The van der Waals surface area contributed by atoms with Gasteiger partial charge >= 0.3 is 0 Å². The summed E-state index contributed by atoms with van der Waals surface area (Å²) in [6, 6.07) is 6.68. The summed E-state index contributed by atoms with van der Waals surface area (Å²) in [6.07, 6.45) is 5.50. The number of aryl methyl sites for hydroxylation is 2. The second kappa shape index (κ2) is 3.87. The van der Waals surface area contributed by atoms with Gasteiger partial charge < -0.3 is 5.73 Å². The summed E-state index contributed by atoms with van der Waals surface area (Å²) < 4.78 is 0. The summed E-state index contributed by atoms with van der Waals surface area (Å²) in [7, 11) is 0. The van der Waals surface area contributed by atoms with Crippen molar-refractivity contribution in [3.05, 3.63) is 35.5 Å². The molecule has 1 heterocycles. The van der Waals surface area contributed by atoms with Gasteiger partial charge in [0, 0.05) is 4.90 Å². The highest BCUT2D eigenvalue weighted by molar-refractivity contribution is 7.99. The van der Waals surface area contributed by atoms with Crippen LogP contribution < -0.4 is 5.73 Å². The Balaban J connectivity index is 1.88. The lowest BCUT2D eigenvalue weighted by Gasteiger charge is -2.03. The molecule has 0 atom stereocenters. The van der Waals surface area contributed by atoms with E-state index in [0.717, 1.165) is 4.90 Å². The molecule has 0 saturated heterocycles. The predicted octanol–water partition coefficient (Wildman–Crippen LogP) is 2.63. The van der Waals surface area contributed by atoms with Crippen LogP contribution in [-0.4, -0.2) is 10.2 Å². The Kier molecular flexibility index (Phi) is 2.36. The maximum absolute atomic E-state index is 5.76. The van der Waals surface area contributed by atoms with E-state index in [-0.39, 0.29) is 0 Å². The molecule has 4 heteroatoms. The first-order valence-electron chi connectivity index (χ1n) is 5.41. The molecule has 2 aromatic rings. The third-order valence-corrected chi connectivity index (χ3v) is 3.96. The number of nitrogens with one attached hydrogen (secondary N) is 1. The van der Waals surface area contributed by atoms with Crippen LogP contribution in [0.3, 0.4) is 0 Å². The molecule has 0 amide bonds. The van der Waals surface area contributed by atoms with Gasteiger partial charge in [-0.3, -0.25) is 5.10 Å². The number of nitrogens with zero attached hydrogens (tertiary/aromatic N) is 1. The van der Waals surface area contributed by atoms with E-state index >= 15 is 0 Å². The number of rotatable bonds is 2. The van der Waals surface area contributed by atoms with Crippen molar-refractivity contribution in [2.75, 3.05) is 5.73 Å². The van der Waals surface area contributed by atoms with E-state index in [1.54, 1.807) is 18.0 Å². The predicted molar refractivity (Wildman–Crippen MR) is 65.6 cm³/mol. The van der Waals surface area contributed by atoms with E-state index in [4.69, 9.17) is 5.73 Å². The number of benzene rings is 1. The molecule has 16 heavy (non-hydrogen) atoms. The van der Waals surface area contributed by atoms with Crippen molar-refractivity contribution in [3.8, 4) is 0 Å². The molecule has 0 unspecified atom stereocenters. The minimum absolute atomic E-state index is 0.644. The Bertz CT molecular complexity index is 519. The maximum atomic E-state index is 5.76. The normalized spacial score (nSPS) is 14.0. The lowest BCUT2D eigenvalue weighted by Crippen LogP contribution is -1.86. The SMILES string of the molecule is Nc1[nH]ncc1Sc1ccc2c(c1)CCC2. The van der Waals surface area contributed by atoms with Crippen molar-refractivity contribution in [2.24, 2.45) is 0 Å². The average Bonchev–Trinajstić information content (AvgIpc) is 2.88.